The number of rotatable bonds is 5. The molecule has 7 nitrogen and oxygen atoms in total. The van der Waals surface area contributed by atoms with Gasteiger partial charge in [0.05, 0.1) is 11.0 Å². The molecule has 2 atom stereocenters. The van der Waals surface area contributed by atoms with Crippen molar-refractivity contribution in [3.63, 3.8) is 0 Å². The van der Waals surface area contributed by atoms with E-state index < -0.39 is 22.8 Å². The van der Waals surface area contributed by atoms with E-state index in [0.29, 0.717) is 0 Å². The molecule has 96 valence electrons. The standard InChI is InChI=1S/C11H13N3O4/c12-4-3-10(15)11(16)7-1-2-8(6-13)9(5-7)14(17)18/h1-2,5,10-11,15-16H,3-4,12H2. The topological polar surface area (TPSA) is 133 Å². The Balaban J connectivity index is 3.09. The van der Waals surface area contributed by atoms with Gasteiger partial charge < -0.3 is 15.9 Å². The summed E-state index contributed by atoms with van der Waals surface area (Å²) < 4.78 is 0. The monoisotopic (exact) mass is 251 g/mol. The summed E-state index contributed by atoms with van der Waals surface area (Å²) in [6, 6.07) is 5.39. The molecule has 0 aliphatic rings. The highest BCUT2D eigenvalue weighted by Crippen LogP contribution is 2.25. The smallest absolute Gasteiger partial charge is 0.287 e. The normalized spacial score (nSPS) is 13.7. The summed E-state index contributed by atoms with van der Waals surface area (Å²) in [7, 11) is 0. The molecule has 1 aromatic carbocycles. The third-order valence-electron chi connectivity index (χ3n) is 2.51. The zero-order chi connectivity index (χ0) is 13.7. The number of aliphatic hydroxyl groups excluding tert-OH is 2. The van der Waals surface area contributed by atoms with E-state index in [0.717, 1.165) is 6.07 Å². The maximum atomic E-state index is 10.7. The highest BCUT2D eigenvalue weighted by Gasteiger charge is 2.22. The van der Waals surface area contributed by atoms with Gasteiger partial charge in [-0.05, 0) is 24.6 Å². The second-order valence-electron chi connectivity index (χ2n) is 3.74. The first-order valence-electron chi connectivity index (χ1n) is 5.26. The molecule has 0 saturated heterocycles. The van der Waals surface area contributed by atoms with E-state index in [1.54, 1.807) is 6.07 Å². The van der Waals surface area contributed by atoms with Gasteiger partial charge in [0.1, 0.15) is 17.7 Å². The Morgan fingerprint density at radius 2 is 2.17 bits per heavy atom. The molecule has 0 radical (unpaired) electrons. The summed E-state index contributed by atoms with van der Waals surface area (Å²) in [5.74, 6) is 0. The molecular formula is C11H13N3O4. The van der Waals surface area contributed by atoms with Crippen LogP contribution < -0.4 is 5.73 Å². The Labute approximate surface area is 103 Å². The highest BCUT2D eigenvalue weighted by atomic mass is 16.6. The highest BCUT2D eigenvalue weighted by molar-refractivity contribution is 5.50. The van der Waals surface area contributed by atoms with Crippen molar-refractivity contribution in [2.24, 2.45) is 5.73 Å². The molecule has 0 fully saturated rings. The summed E-state index contributed by atoms with van der Waals surface area (Å²) >= 11 is 0. The van der Waals surface area contributed by atoms with Crippen molar-refractivity contribution in [1.29, 1.82) is 5.26 Å². The lowest BCUT2D eigenvalue weighted by Gasteiger charge is -2.17. The number of hydrogen-bond donors (Lipinski definition) is 3. The van der Waals surface area contributed by atoms with Gasteiger partial charge in [0, 0.05) is 6.07 Å². The number of nitrogens with zero attached hydrogens (tertiary/aromatic N) is 2. The predicted octanol–water partition coefficient (Wildman–Crippen LogP) is 0.210. The summed E-state index contributed by atoms with van der Waals surface area (Å²) in [5, 5.41) is 38.8. The SMILES string of the molecule is N#Cc1ccc(C(O)C(O)CCN)cc1[N+](=O)[O-]. The molecule has 0 aromatic heterocycles. The molecule has 0 heterocycles. The Bertz CT molecular complexity index is 484. The third-order valence-corrected chi connectivity index (χ3v) is 2.51. The van der Waals surface area contributed by atoms with E-state index >= 15 is 0 Å². The molecule has 7 heteroatoms. The van der Waals surface area contributed by atoms with Crippen molar-refractivity contribution < 1.29 is 15.1 Å². The second-order valence-corrected chi connectivity index (χ2v) is 3.74. The van der Waals surface area contributed by atoms with E-state index in [-0.39, 0.29) is 24.1 Å². The molecule has 18 heavy (non-hydrogen) atoms. The van der Waals surface area contributed by atoms with Crippen molar-refractivity contribution in [2.45, 2.75) is 18.6 Å². The molecule has 1 rings (SSSR count). The molecule has 0 aliphatic heterocycles. The van der Waals surface area contributed by atoms with Crippen molar-refractivity contribution in [1.82, 2.24) is 0 Å². The van der Waals surface area contributed by atoms with Gasteiger partial charge in [0.25, 0.3) is 5.69 Å². The Kier molecular flexibility index (Phi) is 4.74. The van der Waals surface area contributed by atoms with Crippen molar-refractivity contribution in [3.8, 4) is 6.07 Å². The first-order chi connectivity index (χ1) is 8.51. The van der Waals surface area contributed by atoms with Gasteiger partial charge in [-0.3, -0.25) is 10.1 Å². The van der Waals surface area contributed by atoms with Gasteiger partial charge in [0.15, 0.2) is 0 Å². The van der Waals surface area contributed by atoms with Crippen LogP contribution in [0, 0.1) is 21.4 Å². The third kappa shape index (κ3) is 3.01. The van der Waals surface area contributed by atoms with Gasteiger partial charge in [-0.25, -0.2) is 0 Å². The average Bonchev–Trinajstić information content (AvgIpc) is 2.37. The summed E-state index contributed by atoms with van der Waals surface area (Å²) in [6.45, 7) is 0.191. The molecule has 0 bridgehead atoms. The summed E-state index contributed by atoms with van der Waals surface area (Å²) in [5.41, 5.74) is 4.94. The van der Waals surface area contributed by atoms with E-state index in [9.17, 15) is 20.3 Å². The van der Waals surface area contributed by atoms with E-state index in [4.69, 9.17) is 11.0 Å². The van der Waals surface area contributed by atoms with Gasteiger partial charge in [-0.1, -0.05) is 6.07 Å². The maximum Gasteiger partial charge on any atom is 0.287 e. The molecule has 0 spiro atoms. The molecule has 0 amide bonds. The largest absolute Gasteiger partial charge is 0.390 e. The first kappa shape index (κ1) is 14.1. The van der Waals surface area contributed by atoms with Crippen molar-refractivity contribution in [3.05, 3.63) is 39.4 Å². The number of nitro benzene ring substituents is 1. The number of hydrogen-bond acceptors (Lipinski definition) is 6. The van der Waals surface area contributed by atoms with Crippen LogP contribution in [-0.4, -0.2) is 27.8 Å². The fourth-order valence-electron chi connectivity index (χ4n) is 1.53. The fraction of sp³-hybridized carbons (Fsp3) is 0.364. The quantitative estimate of drug-likeness (QED) is 0.506. The maximum absolute atomic E-state index is 10.7. The van der Waals surface area contributed by atoms with Gasteiger partial charge in [0.2, 0.25) is 0 Å². The average molecular weight is 251 g/mol. The van der Waals surface area contributed by atoms with E-state index in [2.05, 4.69) is 0 Å². The van der Waals surface area contributed by atoms with Crippen molar-refractivity contribution >= 4 is 5.69 Å². The molecule has 4 N–H and O–H groups in total. The minimum Gasteiger partial charge on any atom is -0.390 e. The number of nitrogens with two attached hydrogens (primary N) is 1. The van der Waals surface area contributed by atoms with E-state index in [1.807, 2.05) is 0 Å². The molecule has 1 aromatic rings. The van der Waals surface area contributed by atoms with Crippen LogP contribution in [0.4, 0.5) is 5.69 Å². The number of nitriles is 1. The molecule has 0 saturated carbocycles. The molecule has 0 aliphatic carbocycles. The zero-order valence-electron chi connectivity index (χ0n) is 9.48. The molecule has 2 unspecified atom stereocenters. The van der Waals surface area contributed by atoms with Crippen molar-refractivity contribution in [2.75, 3.05) is 6.54 Å². The van der Waals surface area contributed by atoms with Crippen LogP contribution in [0.3, 0.4) is 0 Å². The van der Waals surface area contributed by atoms with Gasteiger partial charge in [-0.15, -0.1) is 0 Å². The predicted molar refractivity (Wildman–Crippen MR) is 62.4 cm³/mol. The molecular weight excluding hydrogens is 238 g/mol. The number of benzene rings is 1. The lowest BCUT2D eigenvalue weighted by molar-refractivity contribution is -0.385. The van der Waals surface area contributed by atoms with Crippen LogP contribution in [0.2, 0.25) is 0 Å². The first-order valence-corrected chi connectivity index (χ1v) is 5.26. The Hall–Kier alpha value is -2.01. The zero-order valence-corrected chi connectivity index (χ0v) is 9.48. The van der Waals surface area contributed by atoms with Gasteiger partial charge >= 0.3 is 0 Å². The van der Waals surface area contributed by atoms with Crippen LogP contribution in [0.1, 0.15) is 23.7 Å². The van der Waals surface area contributed by atoms with E-state index in [1.165, 1.54) is 12.1 Å². The van der Waals surface area contributed by atoms with Gasteiger partial charge in [-0.2, -0.15) is 5.26 Å². The second kappa shape index (κ2) is 6.07. The fourth-order valence-corrected chi connectivity index (χ4v) is 1.53. The lowest BCUT2D eigenvalue weighted by Crippen LogP contribution is -2.21. The van der Waals surface area contributed by atoms with Crippen LogP contribution in [0.5, 0.6) is 0 Å². The summed E-state index contributed by atoms with van der Waals surface area (Å²) in [4.78, 5) is 10.0. The van der Waals surface area contributed by atoms with Crippen LogP contribution in [0.25, 0.3) is 0 Å². The lowest BCUT2D eigenvalue weighted by atomic mass is 10.00. The number of aliphatic hydroxyl groups is 2. The minimum absolute atomic E-state index is 0.0933. The summed E-state index contributed by atoms with van der Waals surface area (Å²) in [6.07, 6.45) is -2.18. The Morgan fingerprint density at radius 3 is 2.67 bits per heavy atom. The van der Waals surface area contributed by atoms with Crippen LogP contribution >= 0.6 is 0 Å². The minimum atomic E-state index is -1.26. The van der Waals surface area contributed by atoms with Crippen LogP contribution in [0.15, 0.2) is 18.2 Å². The Morgan fingerprint density at radius 1 is 1.50 bits per heavy atom. The van der Waals surface area contributed by atoms with Crippen LogP contribution in [-0.2, 0) is 0 Å². The number of nitro groups is 1.